The molecule has 4 rings (SSSR count). The van der Waals surface area contributed by atoms with E-state index >= 15 is 0 Å². The number of rotatable bonds is 3. The van der Waals surface area contributed by atoms with Gasteiger partial charge < -0.3 is 5.32 Å². The maximum atomic E-state index is 12.8. The van der Waals surface area contributed by atoms with Gasteiger partial charge in [-0.1, -0.05) is 73.9 Å². The summed E-state index contributed by atoms with van der Waals surface area (Å²) in [6.07, 6.45) is 4.69. The van der Waals surface area contributed by atoms with Crippen molar-refractivity contribution < 1.29 is 9.59 Å². The van der Waals surface area contributed by atoms with Crippen molar-refractivity contribution in [2.75, 3.05) is 0 Å². The molecule has 2 aromatic carbocycles. The van der Waals surface area contributed by atoms with Crippen LogP contribution in [0.1, 0.15) is 37.7 Å². The van der Waals surface area contributed by atoms with E-state index < -0.39 is 5.54 Å². The van der Waals surface area contributed by atoms with Crippen molar-refractivity contribution in [2.45, 2.75) is 44.2 Å². The maximum Gasteiger partial charge on any atom is 0.325 e. The third-order valence-electron chi connectivity index (χ3n) is 5.35. The van der Waals surface area contributed by atoms with E-state index in [9.17, 15) is 9.59 Å². The van der Waals surface area contributed by atoms with E-state index in [0.29, 0.717) is 6.54 Å². The molecular formula is C21H22N2O2. The highest BCUT2D eigenvalue weighted by Gasteiger charge is 2.51. The Labute approximate surface area is 147 Å². The lowest BCUT2D eigenvalue weighted by Gasteiger charge is -2.30. The third kappa shape index (κ3) is 2.93. The number of benzene rings is 2. The van der Waals surface area contributed by atoms with E-state index in [-0.39, 0.29) is 11.9 Å². The first-order chi connectivity index (χ1) is 12.2. The monoisotopic (exact) mass is 334 g/mol. The van der Waals surface area contributed by atoms with Crippen LogP contribution in [0.2, 0.25) is 0 Å². The summed E-state index contributed by atoms with van der Waals surface area (Å²) < 4.78 is 0. The van der Waals surface area contributed by atoms with Gasteiger partial charge in [-0.25, -0.2) is 4.79 Å². The fourth-order valence-corrected chi connectivity index (χ4v) is 3.93. The molecule has 2 aromatic rings. The lowest BCUT2D eigenvalue weighted by Crippen LogP contribution is -2.48. The highest BCUT2D eigenvalue weighted by atomic mass is 16.2. The zero-order valence-corrected chi connectivity index (χ0v) is 14.2. The van der Waals surface area contributed by atoms with Crippen LogP contribution in [0.15, 0.2) is 54.6 Å². The SMILES string of the molecule is O=C1NC2(CCCCC2)C(=O)N1Cc1ccc(-c2ccccc2)cc1. The van der Waals surface area contributed by atoms with Crippen LogP contribution in [0, 0.1) is 0 Å². The molecule has 0 atom stereocenters. The molecule has 3 amide bonds. The van der Waals surface area contributed by atoms with Crippen molar-refractivity contribution >= 4 is 11.9 Å². The number of nitrogens with one attached hydrogen (secondary N) is 1. The molecule has 2 aliphatic rings. The average Bonchev–Trinajstić information content (AvgIpc) is 2.88. The number of hydrogen-bond donors (Lipinski definition) is 1. The van der Waals surface area contributed by atoms with E-state index in [1.807, 2.05) is 42.5 Å². The van der Waals surface area contributed by atoms with Gasteiger partial charge in [-0.15, -0.1) is 0 Å². The minimum absolute atomic E-state index is 0.0515. The molecule has 1 aliphatic carbocycles. The number of carbonyl (C=O) groups excluding carboxylic acids is 2. The highest BCUT2D eigenvalue weighted by molar-refractivity contribution is 6.07. The summed E-state index contributed by atoms with van der Waals surface area (Å²) in [7, 11) is 0. The van der Waals surface area contributed by atoms with Crippen molar-refractivity contribution in [3.05, 3.63) is 60.2 Å². The molecule has 2 fully saturated rings. The predicted molar refractivity (Wildman–Crippen MR) is 96.8 cm³/mol. The summed E-state index contributed by atoms with van der Waals surface area (Å²) in [4.78, 5) is 26.6. The largest absolute Gasteiger partial charge is 0.325 e. The lowest BCUT2D eigenvalue weighted by molar-refractivity contribution is -0.132. The number of urea groups is 1. The lowest BCUT2D eigenvalue weighted by atomic mass is 9.82. The average molecular weight is 334 g/mol. The summed E-state index contributed by atoms with van der Waals surface area (Å²) in [6.45, 7) is 0.335. The van der Waals surface area contributed by atoms with Gasteiger partial charge in [0.1, 0.15) is 5.54 Å². The quantitative estimate of drug-likeness (QED) is 0.859. The molecule has 1 saturated heterocycles. The molecule has 0 unspecified atom stereocenters. The molecular weight excluding hydrogens is 312 g/mol. The normalized spacial score (nSPS) is 19.3. The van der Waals surface area contributed by atoms with E-state index in [2.05, 4.69) is 17.4 Å². The molecule has 4 heteroatoms. The van der Waals surface area contributed by atoms with E-state index in [1.54, 1.807) is 0 Å². The minimum atomic E-state index is -0.640. The molecule has 1 N–H and O–H groups in total. The fourth-order valence-electron chi connectivity index (χ4n) is 3.93. The molecule has 128 valence electrons. The molecule has 4 nitrogen and oxygen atoms in total. The van der Waals surface area contributed by atoms with E-state index in [0.717, 1.165) is 48.8 Å². The molecule has 1 saturated carbocycles. The Hall–Kier alpha value is -2.62. The van der Waals surface area contributed by atoms with Gasteiger partial charge in [-0.2, -0.15) is 0 Å². The van der Waals surface area contributed by atoms with Gasteiger partial charge >= 0.3 is 6.03 Å². The van der Waals surface area contributed by atoms with E-state index in [1.165, 1.54) is 4.90 Å². The maximum absolute atomic E-state index is 12.8. The second-order valence-corrected chi connectivity index (χ2v) is 7.03. The Morgan fingerprint density at radius 1 is 0.840 bits per heavy atom. The van der Waals surface area contributed by atoms with Crippen molar-refractivity contribution in [3.8, 4) is 11.1 Å². The summed E-state index contributed by atoms with van der Waals surface area (Å²) in [5, 5.41) is 2.96. The number of hydrogen-bond acceptors (Lipinski definition) is 2. The molecule has 0 radical (unpaired) electrons. The number of carbonyl (C=O) groups is 2. The topological polar surface area (TPSA) is 49.4 Å². The summed E-state index contributed by atoms with van der Waals surface area (Å²) in [6, 6.07) is 18.0. The van der Waals surface area contributed by atoms with Gasteiger partial charge in [0.25, 0.3) is 5.91 Å². The second-order valence-electron chi connectivity index (χ2n) is 7.03. The number of nitrogens with zero attached hydrogens (tertiary/aromatic N) is 1. The van der Waals surface area contributed by atoms with Crippen LogP contribution >= 0.6 is 0 Å². The zero-order chi connectivity index (χ0) is 17.3. The van der Waals surface area contributed by atoms with Gasteiger partial charge in [0.15, 0.2) is 0 Å². The van der Waals surface area contributed by atoms with Crippen molar-refractivity contribution in [2.24, 2.45) is 0 Å². The van der Waals surface area contributed by atoms with Crippen molar-refractivity contribution in [1.82, 2.24) is 10.2 Å². The van der Waals surface area contributed by atoms with Crippen LogP contribution in [0.3, 0.4) is 0 Å². The van der Waals surface area contributed by atoms with Gasteiger partial charge in [0.05, 0.1) is 6.54 Å². The molecule has 25 heavy (non-hydrogen) atoms. The van der Waals surface area contributed by atoms with Crippen LogP contribution in [0.25, 0.3) is 11.1 Å². The van der Waals surface area contributed by atoms with Gasteiger partial charge in [-0.3, -0.25) is 9.69 Å². The van der Waals surface area contributed by atoms with Crippen LogP contribution < -0.4 is 5.32 Å². The fraction of sp³-hybridized carbons (Fsp3) is 0.333. The summed E-state index contributed by atoms with van der Waals surface area (Å²) >= 11 is 0. The molecule has 0 aromatic heterocycles. The van der Waals surface area contributed by atoms with Crippen molar-refractivity contribution in [3.63, 3.8) is 0 Å². The Balaban J connectivity index is 1.50. The standard InChI is InChI=1S/C21H22N2O2/c24-19-21(13-5-2-6-14-21)22-20(25)23(19)15-16-9-11-18(12-10-16)17-7-3-1-4-8-17/h1,3-4,7-12H,2,5-6,13-15H2,(H,22,25). The summed E-state index contributed by atoms with van der Waals surface area (Å²) in [5.74, 6) is -0.0515. The third-order valence-corrected chi connectivity index (χ3v) is 5.35. The molecule has 1 heterocycles. The van der Waals surface area contributed by atoms with E-state index in [4.69, 9.17) is 0 Å². The second kappa shape index (κ2) is 6.36. The Bertz CT molecular complexity index is 777. The van der Waals surface area contributed by atoms with Gasteiger partial charge in [-0.05, 0) is 29.5 Å². The van der Waals surface area contributed by atoms with Crippen LogP contribution in [0.5, 0.6) is 0 Å². The number of amides is 3. The Morgan fingerprint density at radius 3 is 2.16 bits per heavy atom. The van der Waals surface area contributed by atoms with Gasteiger partial charge in [0.2, 0.25) is 0 Å². The molecule has 1 spiro atoms. The first-order valence-electron chi connectivity index (χ1n) is 8.96. The Morgan fingerprint density at radius 2 is 1.48 bits per heavy atom. The highest BCUT2D eigenvalue weighted by Crippen LogP contribution is 2.34. The summed E-state index contributed by atoms with van der Waals surface area (Å²) in [5.41, 5.74) is 2.62. The predicted octanol–water partition coefficient (Wildman–Crippen LogP) is 4.11. The zero-order valence-electron chi connectivity index (χ0n) is 14.2. The smallest absolute Gasteiger partial charge is 0.323 e. The first-order valence-corrected chi connectivity index (χ1v) is 8.96. The van der Waals surface area contributed by atoms with Gasteiger partial charge in [0, 0.05) is 0 Å². The number of imide groups is 1. The minimum Gasteiger partial charge on any atom is -0.323 e. The van der Waals surface area contributed by atoms with Crippen LogP contribution in [-0.4, -0.2) is 22.4 Å². The molecule has 1 aliphatic heterocycles. The van der Waals surface area contributed by atoms with Crippen LogP contribution in [0.4, 0.5) is 4.79 Å². The first kappa shape index (κ1) is 15.9. The van der Waals surface area contributed by atoms with Crippen molar-refractivity contribution in [1.29, 1.82) is 0 Å². The molecule has 0 bridgehead atoms. The van der Waals surface area contributed by atoms with Crippen LogP contribution in [-0.2, 0) is 11.3 Å². The Kier molecular flexibility index (Phi) is 4.04.